The molecule has 19 heavy (non-hydrogen) atoms. The Morgan fingerprint density at radius 3 is 3.16 bits per heavy atom. The molecule has 2 aromatic heterocycles. The SMILES string of the molecule is CCN1CCCCC1Cc1cnn2c(N)ccnc12. The van der Waals surface area contributed by atoms with Crippen LogP contribution in [-0.4, -0.2) is 38.6 Å². The van der Waals surface area contributed by atoms with Gasteiger partial charge in [-0.05, 0) is 38.4 Å². The highest BCUT2D eigenvalue weighted by Gasteiger charge is 2.22. The van der Waals surface area contributed by atoms with Crippen LogP contribution in [0.4, 0.5) is 5.82 Å². The highest BCUT2D eigenvalue weighted by molar-refractivity contribution is 5.51. The molecule has 0 bridgehead atoms. The second kappa shape index (κ2) is 5.17. The number of rotatable bonds is 3. The molecule has 2 N–H and O–H groups in total. The summed E-state index contributed by atoms with van der Waals surface area (Å²) in [5, 5.41) is 4.35. The minimum absolute atomic E-state index is 0.620. The van der Waals surface area contributed by atoms with Gasteiger partial charge < -0.3 is 10.6 Å². The number of hydrogen-bond donors (Lipinski definition) is 1. The fraction of sp³-hybridized carbons (Fsp3) is 0.571. The number of piperidine rings is 1. The molecule has 1 saturated heterocycles. The molecule has 0 radical (unpaired) electrons. The minimum atomic E-state index is 0.620. The van der Waals surface area contributed by atoms with Gasteiger partial charge in [-0.3, -0.25) is 0 Å². The fourth-order valence-electron chi connectivity index (χ4n) is 3.06. The Bertz CT molecular complexity index is 562. The summed E-state index contributed by atoms with van der Waals surface area (Å²) in [6.07, 6.45) is 8.62. The number of nitrogens with two attached hydrogens (primary N) is 1. The van der Waals surface area contributed by atoms with Crippen molar-refractivity contribution in [2.45, 2.75) is 38.6 Å². The third-order valence-corrected chi connectivity index (χ3v) is 4.11. The zero-order chi connectivity index (χ0) is 13.2. The third kappa shape index (κ3) is 2.30. The average molecular weight is 259 g/mol. The molecule has 1 aliphatic rings. The van der Waals surface area contributed by atoms with Gasteiger partial charge in [0.15, 0.2) is 5.65 Å². The summed E-state index contributed by atoms with van der Waals surface area (Å²) >= 11 is 0. The maximum atomic E-state index is 5.91. The zero-order valence-electron chi connectivity index (χ0n) is 11.4. The predicted octanol–water partition coefficient (Wildman–Crippen LogP) is 1.73. The molecule has 102 valence electrons. The molecule has 5 nitrogen and oxygen atoms in total. The van der Waals surface area contributed by atoms with E-state index in [9.17, 15) is 0 Å². The molecule has 0 amide bonds. The summed E-state index contributed by atoms with van der Waals surface area (Å²) in [6, 6.07) is 2.40. The fourth-order valence-corrected chi connectivity index (χ4v) is 3.06. The van der Waals surface area contributed by atoms with Crippen LogP contribution in [0, 0.1) is 0 Å². The van der Waals surface area contributed by atoms with E-state index in [-0.39, 0.29) is 0 Å². The molecule has 5 heteroatoms. The maximum Gasteiger partial charge on any atom is 0.160 e. The summed E-state index contributed by atoms with van der Waals surface area (Å²) in [4.78, 5) is 6.99. The van der Waals surface area contributed by atoms with Gasteiger partial charge in [-0.2, -0.15) is 9.61 Å². The van der Waals surface area contributed by atoms with Crippen molar-refractivity contribution in [1.29, 1.82) is 0 Å². The van der Waals surface area contributed by atoms with Crippen LogP contribution in [0.15, 0.2) is 18.5 Å². The average Bonchev–Trinajstić information content (AvgIpc) is 2.84. The molecular weight excluding hydrogens is 238 g/mol. The Hall–Kier alpha value is -1.62. The predicted molar refractivity (Wildman–Crippen MR) is 76.0 cm³/mol. The van der Waals surface area contributed by atoms with Crippen LogP contribution in [0.2, 0.25) is 0 Å². The molecule has 2 aromatic rings. The highest BCUT2D eigenvalue weighted by atomic mass is 15.3. The molecule has 3 heterocycles. The van der Waals surface area contributed by atoms with Crippen molar-refractivity contribution in [2.75, 3.05) is 18.8 Å². The monoisotopic (exact) mass is 259 g/mol. The van der Waals surface area contributed by atoms with Crippen LogP contribution in [-0.2, 0) is 6.42 Å². The van der Waals surface area contributed by atoms with Crippen LogP contribution in [0.1, 0.15) is 31.7 Å². The Kier molecular flexibility index (Phi) is 3.38. The number of aromatic nitrogens is 3. The molecule has 1 unspecified atom stereocenters. The van der Waals surface area contributed by atoms with Crippen molar-refractivity contribution in [1.82, 2.24) is 19.5 Å². The van der Waals surface area contributed by atoms with Crippen molar-refractivity contribution in [3.8, 4) is 0 Å². The molecular formula is C14H21N5. The number of hydrogen-bond acceptors (Lipinski definition) is 4. The van der Waals surface area contributed by atoms with Gasteiger partial charge in [0.25, 0.3) is 0 Å². The molecule has 0 aromatic carbocycles. The van der Waals surface area contributed by atoms with E-state index >= 15 is 0 Å². The summed E-state index contributed by atoms with van der Waals surface area (Å²) in [7, 11) is 0. The number of nitrogens with zero attached hydrogens (tertiary/aromatic N) is 4. The van der Waals surface area contributed by atoms with Gasteiger partial charge in [0.05, 0.1) is 6.20 Å². The molecule has 0 aliphatic carbocycles. The van der Waals surface area contributed by atoms with E-state index in [0.29, 0.717) is 11.9 Å². The largest absolute Gasteiger partial charge is 0.384 e. The summed E-state index contributed by atoms with van der Waals surface area (Å²) in [5.74, 6) is 0.646. The van der Waals surface area contributed by atoms with Crippen LogP contribution < -0.4 is 5.73 Å². The number of anilines is 1. The first kappa shape index (κ1) is 12.4. The zero-order valence-corrected chi connectivity index (χ0v) is 11.4. The summed E-state index contributed by atoms with van der Waals surface area (Å²) in [6.45, 7) is 4.58. The maximum absolute atomic E-state index is 5.91. The highest BCUT2D eigenvalue weighted by Crippen LogP contribution is 2.22. The van der Waals surface area contributed by atoms with Gasteiger partial charge in [0.1, 0.15) is 5.82 Å². The van der Waals surface area contributed by atoms with E-state index in [2.05, 4.69) is 21.9 Å². The molecule has 1 atom stereocenters. The standard InChI is InChI=1S/C14H21N5/c1-2-18-8-4-3-5-12(18)9-11-10-17-19-13(15)6-7-16-14(11)19/h6-7,10,12H,2-5,8-9,15H2,1H3. The molecule has 3 rings (SSSR count). The second-order valence-electron chi connectivity index (χ2n) is 5.26. The van der Waals surface area contributed by atoms with Gasteiger partial charge >= 0.3 is 0 Å². The lowest BCUT2D eigenvalue weighted by Gasteiger charge is -2.34. The smallest absolute Gasteiger partial charge is 0.160 e. The number of likely N-dealkylation sites (tertiary alicyclic amines) is 1. The normalized spacial score (nSPS) is 21.0. The lowest BCUT2D eigenvalue weighted by Crippen LogP contribution is -2.40. The number of likely N-dealkylation sites (N-methyl/N-ethyl adjacent to an activating group) is 1. The van der Waals surface area contributed by atoms with Crippen molar-refractivity contribution < 1.29 is 0 Å². The lowest BCUT2D eigenvalue weighted by molar-refractivity contribution is 0.155. The van der Waals surface area contributed by atoms with Crippen molar-refractivity contribution in [2.24, 2.45) is 0 Å². The van der Waals surface area contributed by atoms with E-state index in [0.717, 1.165) is 18.6 Å². The van der Waals surface area contributed by atoms with Crippen LogP contribution >= 0.6 is 0 Å². The first-order valence-electron chi connectivity index (χ1n) is 7.10. The topological polar surface area (TPSA) is 59.5 Å². The third-order valence-electron chi connectivity index (χ3n) is 4.11. The van der Waals surface area contributed by atoms with Crippen LogP contribution in [0.5, 0.6) is 0 Å². The van der Waals surface area contributed by atoms with E-state index in [1.54, 1.807) is 16.8 Å². The molecule has 1 fully saturated rings. The minimum Gasteiger partial charge on any atom is -0.384 e. The van der Waals surface area contributed by atoms with Gasteiger partial charge in [-0.15, -0.1) is 0 Å². The quantitative estimate of drug-likeness (QED) is 0.912. The molecule has 0 spiro atoms. The van der Waals surface area contributed by atoms with E-state index in [4.69, 9.17) is 5.73 Å². The van der Waals surface area contributed by atoms with Gasteiger partial charge in [-0.25, -0.2) is 4.98 Å². The van der Waals surface area contributed by atoms with Crippen LogP contribution in [0.25, 0.3) is 5.65 Å². The molecule has 1 aliphatic heterocycles. The van der Waals surface area contributed by atoms with E-state index in [1.807, 2.05) is 6.20 Å². The number of nitrogen functional groups attached to an aromatic ring is 1. The molecule has 0 saturated carbocycles. The van der Waals surface area contributed by atoms with Crippen molar-refractivity contribution >= 4 is 11.5 Å². The first-order valence-corrected chi connectivity index (χ1v) is 7.10. The van der Waals surface area contributed by atoms with E-state index in [1.165, 1.54) is 31.4 Å². The lowest BCUT2D eigenvalue weighted by atomic mass is 9.97. The van der Waals surface area contributed by atoms with Gasteiger partial charge in [0, 0.05) is 17.8 Å². The van der Waals surface area contributed by atoms with Crippen molar-refractivity contribution in [3.63, 3.8) is 0 Å². The van der Waals surface area contributed by atoms with Crippen molar-refractivity contribution in [3.05, 3.63) is 24.0 Å². The summed E-state index contributed by atoms with van der Waals surface area (Å²) in [5.41, 5.74) is 8.02. The van der Waals surface area contributed by atoms with Gasteiger partial charge in [-0.1, -0.05) is 13.3 Å². The Balaban J connectivity index is 1.86. The summed E-state index contributed by atoms with van der Waals surface area (Å²) < 4.78 is 1.73. The second-order valence-corrected chi connectivity index (χ2v) is 5.26. The Morgan fingerprint density at radius 2 is 2.32 bits per heavy atom. The van der Waals surface area contributed by atoms with E-state index < -0.39 is 0 Å². The van der Waals surface area contributed by atoms with Gasteiger partial charge in [0.2, 0.25) is 0 Å². The van der Waals surface area contributed by atoms with Crippen LogP contribution in [0.3, 0.4) is 0 Å². The number of fused-ring (bicyclic) bond motifs is 1. The Labute approximate surface area is 113 Å². The first-order chi connectivity index (χ1) is 9.29. The Morgan fingerprint density at radius 1 is 1.42 bits per heavy atom.